The van der Waals surface area contributed by atoms with Crippen molar-refractivity contribution in [2.24, 2.45) is 0 Å². The molecule has 232 valence electrons. The molecule has 1 aromatic heterocycles. The minimum atomic E-state index is -1.03. The Kier molecular flexibility index (Phi) is 15.5. The maximum Gasteiger partial charge on any atom is 0.290 e. The van der Waals surface area contributed by atoms with Gasteiger partial charge in [-0.1, -0.05) is 42.5 Å². The highest BCUT2D eigenvalue weighted by atomic mass is 16.5. The lowest BCUT2D eigenvalue weighted by atomic mass is 10.1. The van der Waals surface area contributed by atoms with E-state index in [4.69, 9.17) is 24.5 Å². The molecular weight excluding hydrogens is 558 g/mol. The summed E-state index contributed by atoms with van der Waals surface area (Å²) in [5.74, 6) is 0.886. The standard InChI is InChI=1S/C28H35N5O4.2CH2O2/c1-21(34)26-28(36)30-12-6-15-33-16-13-29-27(33)23-10-5-11-24(18-23)37-17-7-14-32(20-25(35)31-26)19-22-8-3-2-4-9-22;2*2-1-3/h2-5,8-11,13,16,18,21,26,34H,6-7,12,14-15,17,19-20H2,1H3,(H,30,36)(H,31,35);2*1H,(H,2,3)/t21-,26+;;/m1../s1. The van der Waals surface area contributed by atoms with E-state index in [0.717, 1.165) is 22.7 Å². The number of benzene rings is 2. The second-order valence-corrected chi connectivity index (χ2v) is 9.51. The van der Waals surface area contributed by atoms with Gasteiger partial charge in [0.2, 0.25) is 11.8 Å². The highest BCUT2D eigenvalue weighted by Crippen LogP contribution is 2.23. The van der Waals surface area contributed by atoms with Crippen LogP contribution < -0.4 is 15.4 Å². The summed E-state index contributed by atoms with van der Waals surface area (Å²) < 4.78 is 8.08. The fourth-order valence-corrected chi connectivity index (χ4v) is 4.41. The first-order valence-corrected chi connectivity index (χ1v) is 13.7. The van der Waals surface area contributed by atoms with Crippen LogP contribution >= 0.6 is 0 Å². The largest absolute Gasteiger partial charge is 0.494 e. The van der Waals surface area contributed by atoms with Gasteiger partial charge in [0.25, 0.3) is 12.9 Å². The number of rotatable bonds is 3. The summed E-state index contributed by atoms with van der Waals surface area (Å²) in [6.45, 7) is 3.85. The molecule has 3 aromatic rings. The lowest BCUT2D eigenvalue weighted by Gasteiger charge is -2.25. The van der Waals surface area contributed by atoms with Gasteiger partial charge in [0.05, 0.1) is 19.3 Å². The first-order chi connectivity index (χ1) is 20.8. The summed E-state index contributed by atoms with van der Waals surface area (Å²) in [6, 6.07) is 16.8. The lowest BCUT2D eigenvalue weighted by Crippen LogP contribution is -2.54. The van der Waals surface area contributed by atoms with Gasteiger partial charge in [0.15, 0.2) is 0 Å². The van der Waals surface area contributed by atoms with Crippen molar-refractivity contribution in [3.8, 4) is 17.1 Å². The van der Waals surface area contributed by atoms with Gasteiger partial charge in [-0.3, -0.25) is 24.1 Å². The van der Waals surface area contributed by atoms with Gasteiger partial charge in [-0.05, 0) is 37.5 Å². The van der Waals surface area contributed by atoms with Crippen LogP contribution in [-0.2, 0) is 32.3 Å². The van der Waals surface area contributed by atoms with Crippen molar-refractivity contribution in [2.75, 3.05) is 26.2 Å². The molecule has 0 saturated carbocycles. The summed E-state index contributed by atoms with van der Waals surface area (Å²) >= 11 is 0. The number of hydrogen-bond donors (Lipinski definition) is 5. The zero-order chi connectivity index (χ0) is 31.5. The number of aliphatic hydroxyl groups is 1. The van der Waals surface area contributed by atoms with Crippen LogP contribution in [-0.4, -0.2) is 92.9 Å². The van der Waals surface area contributed by atoms with Crippen LogP contribution in [0.3, 0.4) is 0 Å². The molecular formula is C30H39N5O8. The third kappa shape index (κ3) is 12.3. The highest BCUT2D eigenvalue weighted by molar-refractivity contribution is 5.88. The third-order valence-electron chi connectivity index (χ3n) is 6.27. The molecule has 0 aliphatic carbocycles. The van der Waals surface area contributed by atoms with Crippen molar-refractivity contribution < 1.29 is 39.2 Å². The number of aromatic nitrogens is 2. The van der Waals surface area contributed by atoms with Gasteiger partial charge in [-0.15, -0.1) is 0 Å². The van der Waals surface area contributed by atoms with Crippen LogP contribution in [0.25, 0.3) is 11.4 Å². The molecule has 2 heterocycles. The van der Waals surface area contributed by atoms with Gasteiger partial charge >= 0.3 is 0 Å². The van der Waals surface area contributed by atoms with Crippen molar-refractivity contribution in [3.63, 3.8) is 0 Å². The number of nitrogens with one attached hydrogen (secondary N) is 2. The van der Waals surface area contributed by atoms with Crippen molar-refractivity contribution >= 4 is 24.8 Å². The molecule has 0 unspecified atom stereocenters. The minimum Gasteiger partial charge on any atom is -0.494 e. The average Bonchev–Trinajstić information content (AvgIpc) is 3.46. The van der Waals surface area contributed by atoms with Gasteiger partial charge in [0, 0.05) is 44.1 Å². The van der Waals surface area contributed by atoms with E-state index in [0.29, 0.717) is 45.6 Å². The molecule has 13 nitrogen and oxygen atoms in total. The smallest absolute Gasteiger partial charge is 0.290 e. The number of aryl methyl sites for hydroxylation is 1. The van der Waals surface area contributed by atoms with Gasteiger partial charge < -0.3 is 35.3 Å². The molecule has 2 amide bonds. The predicted molar refractivity (Wildman–Crippen MR) is 158 cm³/mol. The van der Waals surface area contributed by atoms with E-state index in [-0.39, 0.29) is 25.4 Å². The first kappa shape index (κ1) is 34.5. The minimum absolute atomic E-state index is 0.0992. The Bertz CT molecular complexity index is 1260. The Morgan fingerprint density at radius 3 is 2.47 bits per heavy atom. The Morgan fingerprint density at radius 1 is 1.05 bits per heavy atom. The predicted octanol–water partition coefficient (Wildman–Crippen LogP) is 1.61. The molecule has 4 rings (SSSR count). The Labute approximate surface area is 250 Å². The van der Waals surface area contributed by atoms with Crippen LogP contribution in [0.2, 0.25) is 0 Å². The summed E-state index contributed by atoms with van der Waals surface area (Å²) in [6.07, 6.45) is 4.01. The Morgan fingerprint density at radius 2 is 1.77 bits per heavy atom. The molecule has 2 aromatic carbocycles. The Hall–Kier alpha value is -4.75. The SMILES string of the molecule is C[C@@H](O)[C@@H]1NC(=O)CN(Cc2ccccc2)CCCOc2cccc(c2)-c2nccn2CCCNC1=O.O=CO.O=CO. The normalized spacial score (nSPS) is 17.1. The lowest BCUT2D eigenvalue weighted by molar-refractivity contribution is -0.132. The van der Waals surface area contributed by atoms with Crippen LogP contribution in [0, 0.1) is 0 Å². The zero-order valence-electron chi connectivity index (χ0n) is 24.0. The molecule has 5 N–H and O–H groups in total. The molecule has 13 heteroatoms. The summed E-state index contributed by atoms with van der Waals surface area (Å²) in [4.78, 5) is 49.0. The highest BCUT2D eigenvalue weighted by Gasteiger charge is 2.26. The number of carbonyl (C=O) groups is 4. The number of amides is 2. The van der Waals surface area contributed by atoms with E-state index < -0.39 is 18.1 Å². The van der Waals surface area contributed by atoms with Crippen molar-refractivity contribution in [2.45, 2.75) is 45.0 Å². The average molecular weight is 598 g/mol. The molecule has 1 aliphatic rings. The number of hydrogen-bond acceptors (Lipinski definition) is 8. The molecule has 0 fully saturated rings. The number of carboxylic acid groups (broad SMARTS) is 2. The topological polar surface area (TPSA) is 183 Å². The van der Waals surface area contributed by atoms with Gasteiger partial charge in [-0.2, -0.15) is 0 Å². The number of aliphatic hydroxyl groups excluding tert-OH is 1. The second kappa shape index (κ2) is 19.4. The van der Waals surface area contributed by atoms with Crippen LogP contribution in [0.4, 0.5) is 0 Å². The maximum atomic E-state index is 12.9. The van der Waals surface area contributed by atoms with Gasteiger partial charge in [0.1, 0.15) is 17.6 Å². The maximum absolute atomic E-state index is 12.9. The van der Waals surface area contributed by atoms with E-state index in [1.165, 1.54) is 6.92 Å². The number of fused-ring (bicyclic) bond motifs is 4. The number of imidazole rings is 1. The van der Waals surface area contributed by atoms with E-state index >= 15 is 0 Å². The van der Waals surface area contributed by atoms with E-state index in [2.05, 4.69) is 15.6 Å². The second-order valence-electron chi connectivity index (χ2n) is 9.51. The molecule has 0 radical (unpaired) electrons. The molecule has 0 saturated heterocycles. The van der Waals surface area contributed by atoms with Crippen molar-refractivity contribution in [1.29, 1.82) is 0 Å². The van der Waals surface area contributed by atoms with E-state index in [1.807, 2.05) is 70.3 Å². The summed E-state index contributed by atoms with van der Waals surface area (Å²) in [5, 5.41) is 29.6. The quantitative estimate of drug-likeness (QED) is 0.278. The first-order valence-electron chi connectivity index (χ1n) is 13.7. The molecule has 0 spiro atoms. The van der Waals surface area contributed by atoms with Crippen LogP contribution in [0.1, 0.15) is 25.3 Å². The van der Waals surface area contributed by atoms with E-state index in [1.54, 1.807) is 6.20 Å². The molecule has 2 atom stereocenters. The van der Waals surface area contributed by atoms with Gasteiger partial charge in [-0.25, -0.2) is 4.98 Å². The Balaban J connectivity index is 0.000000992. The third-order valence-corrected chi connectivity index (χ3v) is 6.27. The zero-order valence-corrected chi connectivity index (χ0v) is 24.0. The molecule has 2 bridgehead atoms. The van der Waals surface area contributed by atoms with Crippen LogP contribution in [0.15, 0.2) is 67.0 Å². The fourth-order valence-electron chi connectivity index (χ4n) is 4.41. The molecule has 1 aliphatic heterocycles. The van der Waals surface area contributed by atoms with Crippen molar-refractivity contribution in [1.82, 2.24) is 25.1 Å². The van der Waals surface area contributed by atoms with Crippen molar-refractivity contribution in [3.05, 3.63) is 72.6 Å². The number of ether oxygens (including phenoxy) is 1. The summed E-state index contributed by atoms with van der Waals surface area (Å²) in [7, 11) is 0. The fraction of sp³-hybridized carbons (Fsp3) is 0.367. The van der Waals surface area contributed by atoms with Crippen LogP contribution in [0.5, 0.6) is 5.75 Å². The van der Waals surface area contributed by atoms with E-state index in [9.17, 15) is 14.7 Å². The monoisotopic (exact) mass is 597 g/mol. The molecule has 43 heavy (non-hydrogen) atoms. The number of carbonyl (C=O) groups excluding carboxylic acids is 2. The summed E-state index contributed by atoms with van der Waals surface area (Å²) in [5.41, 5.74) is 2.04. The number of nitrogens with zero attached hydrogens (tertiary/aromatic N) is 3.